The van der Waals surface area contributed by atoms with Crippen molar-refractivity contribution < 1.29 is 13.7 Å². The maximum Gasteiger partial charge on any atom is 0.232 e. The molecule has 0 aliphatic heterocycles. The number of ether oxygens (including phenoxy) is 1. The zero-order valence-corrected chi connectivity index (χ0v) is 15.6. The summed E-state index contributed by atoms with van der Waals surface area (Å²) in [5, 5.41) is 4.05. The van der Waals surface area contributed by atoms with Crippen LogP contribution in [0.2, 0.25) is 0 Å². The predicted molar refractivity (Wildman–Crippen MR) is 96.7 cm³/mol. The molecule has 0 spiro atoms. The van der Waals surface area contributed by atoms with Crippen LogP contribution in [-0.4, -0.2) is 20.1 Å². The molecule has 0 unspecified atom stereocenters. The molecule has 0 radical (unpaired) electrons. The summed E-state index contributed by atoms with van der Waals surface area (Å²) >= 11 is 0. The molecule has 1 saturated carbocycles. The van der Waals surface area contributed by atoms with Crippen LogP contribution in [-0.2, 0) is 12.0 Å². The van der Waals surface area contributed by atoms with E-state index in [1.807, 2.05) is 33.0 Å². The first-order valence-electron chi connectivity index (χ1n) is 8.98. The first-order chi connectivity index (χ1) is 12.9. The monoisotopic (exact) mass is 368 g/mol. The third-order valence-electron chi connectivity index (χ3n) is 4.37. The Morgan fingerprint density at radius 1 is 1.19 bits per heavy atom. The number of pyridine rings is 2. The van der Waals surface area contributed by atoms with Gasteiger partial charge in [0.05, 0.1) is 11.9 Å². The van der Waals surface area contributed by atoms with Crippen LogP contribution in [0.4, 0.5) is 4.39 Å². The topological polar surface area (TPSA) is 73.9 Å². The number of nitrogens with zero attached hydrogens (tertiary/aromatic N) is 4. The summed E-state index contributed by atoms with van der Waals surface area (Å²) in [6.07, 6.45) is 5.27. The number of aromatic nitrogens is 4. The van der Waals surface area contributed by atoms with Crippen LogP contribution in [0.15, 0.2) is 35.1 Å². The van der Waals surface area contributed by atoms with E-state index in [1.165, 1.54) is 12.3 Å². The average Bonchev–Trinajstić information content (AvgIpc) is 3.35. The summed E-state index contributed by atoms with van der Waals surface area (Å²) in [7, 11) is 0. The van der Waals surface area contributed by atoms with Crippen LogP contribution in [0.25, 0.3) is 11.5 Å². The molecule has 0 N–H and O–H groups in total. The Hall–Kier alpha value is -2.83. The third kappa shape index (κ3) is 3.97. The van der Waals surface area contributed by atoms with Gasteiger partial charge in [-0.1, -0.05) is 25.9 Å². The van der Waals surface area contributed by atoms with Crippen molar-refractivity contribution in [2.24, 2.45) is 0 Å². The minimum atomic E-state index is -0.365. The highest BCUT2D eigenvalue weighted by Crippen LogP contribution is 2.44. The number of rotatable bonds is 5. The molecule has 0 atom stereocenters. The highest BCUT2D eigenvalue weighted by molar-refractivity contribution is 5.54. The molecule has 27 heavy (non-hydrogen) atoms. The quantitative estimate of drug-likeness (QED) is 0.664. The van der Waals surface area contributed by atoms with E-state index in [4.69, 9.17) is 9.26 Å². The third-order valence-corrected chi connectivity index (χ3v) is 4.37. The first kappa shape index (κ1) is 17.6. The van der Waals surface area contributed by atoms with Gasteiger partial charge in [-0.05, 0) is 30.9 Å². The highest BCUT2D eigenvalue weighted by Gasteiger charge is 2.29. The lowest BCUT2D eigenvalue weighted by Gasteiger charge is -2.12. The largest absolute Gasteiger partial charge is 0.487 e. The molecule has 140 valence electrons. The molecular formula is C20H21FN4O2. The van der Waals surface area contributed by atoms with Crippen LogP contribution >= 0.6 is 0 Å². The Bertz CT molecular complexity index is 943. The average molecular weight is 368 g/mol. The Morgan fingerprint density at radius 2 is 2.00 bits per heavy atom. The standard InChI is InChI=1S/C20H21FN4O2/c1-20(2,3)19-24-18(25-27-19)16-8-17(15(10-23-16)12-4-5-12)26-11-14-7-6-13(21)9-22-14/h6-10,12H,4-5,11H2,1-3H3. The molecular weight excluding hydrogens is 347 g/mol. The van der Waals surface area contributed by atoms with Gasteiger partial charge in [-0.3, -0.25) is 9.97 Å². The zero-order valence-electron chi connectivity index (χ0n) is 15.6. The Labute approximate surface area is 156 Å². The van der Waals surface area contributed by atoms with Gasteiger partial charge in [-0.15, -0.1) is 0 Å². The molecule has 3 aromatic rings. The predicted octanol–water partition coefficient (Wildman–Crippen LogP) is 4.42. The van der Waals surface area contributed by atoms with Crippen LogP contribution in [0.5, 0.6) is 5.75 Å². The van der Waals surface area contributed by atoms with Crippen molar-refractivity contribution in [3.05, 3.63) is 53.6 Å². The highest BCUT2D eigenvalue weighted by atomic mass is 19.1. The summed E-state index contributed by atoms with van der Waals surface area (Å²) in [6.45, 7) is 6.29. The Kier molecular flexibility index (Phi) is 4.37. The van der Waals surface area contributed by atoms with Gasteiger partial charge in [-0.2, -0.15) is 4.98 Å². The second-order valence-corrected chi connectivity index (χ2v) is 7.81. The van der Waals surface area contributed by atoms with Gasteiger partial charge in [0.2, 0.25) is 11.7 Å². The second-order valence-electron chi connectivity index (χ2n) is 7.81. The van der Waals surface area contributed by atoms with E-state index in [2.05, 4.69) is 20.1 Å². The van der Waals surface area contributed by atoms with E-state index in [0.29, 0.717) is 29.0 Å². The van der Waals surface area contributed by atoms with E-state index in [0.717, 1.165) is 24.2 Å². The van der Waals surface area contributed by atoms with Crippen LogP contribution in [0, 0.1) is 5.82 Å². The maximum absolute atomic E-state index is 13.0. The van der Waals surface area contributed by atoms with Gasteiger partial charge in [0.1, 0.15) is 23.9 Å². The van der Waals surface area contributed by atoms with Crippen molar-refractivity contribution >= 4 is 0 Å². The maximum atomic E-state index is 13.0. The summed E-state index contributed by atoms with van der Waals surface area (Å²) in [5.74, 6) is 1.83. The molecule has 0 aromatic carbocycles. The minimum Gasteiger partial charge on any atom is -0.487 e. The van der Waals surface area contributed by atoms with E-state index in [9.17, 15) is 4.39 Å². The molecule has 1 fully saturated rings. The van der Waals surface area contributed by atoms with Crippen molar-refractivity contribution in [1.29, 1.82) is 0 Å². The molecule has 7 heteroatoms. The molecule has 3 heterocycles. The Morgan fingerprint density at radius 3 is 2.63 bits per heavy atom. The molecule has 3 aromatic heterocycles. The minimum absolute atomic E-state index is 0.229. The van der Waals surface area contributed by atoms with E-state index in [-0.39, 0.29) is 17.8 Å². The van der Waals surface area contributed by atoms with Crippen LogP contribution in [0.1, 0.15) is 56.7 Å². The number of hydrogen-bond donors (Lipinski definition) is 0. The van der Waals surface area contributed by atoms with Crippen molar-refractivity contribution in [3.63, 3.8) is 0 Å². The number of halogens is 1. The molecule has 6 nitrogen and oxygen atoms in total. The van der Waals surface area contributed by atoms with Gasteiger partial charge >= 0.3 is 0 Å². The molecule has 1 aliphatic rings. The smallest absolute Gasteiger partial charge is 0.232 e. The lowest BCUT2D eigenvalue weighted by molar-refractivity contribution is 0.297. The first-order valence-corrected chi connectivity index (χ1v) is 8.98. The normalized spacial score (nSPS) is 14.4. The van der Waals surface area contributed by atoms with E-state index in [1.54, 1.807) is 6.07 Å². The molecule has 4 rings (SSSR count). The fraction of sp³-hybridized carbons (Fsp3) is 0.400. The lowest BCUT2D eigenvalue weighted by Crippen LogP contribution is -2.11. The molecule has 1 aliphatic carbocycles. The van der Waals surface area contributed by atoms with E-state index >= 15 is 0 Å². The van der Waals surface area contributed by atoms with Crippen LogP contribution < -0.4 is 4.74 Å². The molecule has 0 saturated heterocycles. The summed E-state index contributed by atoms with van der Waals surface area (Å²) < 4.78 is 24.4. The van der Waals surface area contributed by atoms with Gasteiger partial charge in [0, 0.05) is 23.2 Å². The summed E-state index contributed by atoms with van der Waals surface area (Å²) in [6, 6.07) is 4.83. The summed E-state index contributed by atoms with van der Waals surface area (Å²) in [4.78, 5) is 13.0. The van der Waals surface area contributed by atoms with Gasteiger partial charge in [0.15, 0.2) is 0 Å². The van der Waals surface area contributed by atoms with Gasteiger partial charge < -0.3 is 9.26 Å². The van der Waals surface area contributed by atoms with Crippen molar-refractivity contribution in [1.82, 2.24) is 20.1 Å². The molecule has 0 amide bonds. The van der Waals surface area contributed by atoms with E-state index < -0.39 is 0 Å². The zero-order chi connectivity index (χ0) is 19.0. The van der Waals surface area contributed by atoms with Gasteiger partial charge in [-0.25, -0.2) is 4.39 Å². The summed E-state index contributed by atoms with van der Waals surface area (Å²) in [5.41, 5.74) is 2.10. The lowest BCUT2D eigenvalue weighted by atomic mass is 9.97. The molecule has 0 bridgehead atoms. The fourth-order valence-electron chi connectivity index (χ4n) is 2.67. The second kappa shape index (κ2) is 6.72. The SMILES string of the molecule is CC(C)(C)c1nc(-c2cc(OCc3ccc(F)cn3)c(C3CC3)cn2)no1. The van der Waals surface area contributed by atoms with Crippen molar-refractivity contribution in [2.45, 2.75) is 51.6 Å². The van der Waals surface area contributed by atoms with Crippen LogP contribution in [0.3, 0.4) is 0 Å². The Balaban J connectivity index is 1.60. The fourth-order valence-corrected chi connectivity index (χ4v) is 2.67. The van der Waals surface area contributed by atoms with Gasteiger partial charge in [0.25, 0.3) is 0 Å². The number of hydrogen-bond acceptors (Lipinski definition) is 6. The van der Waals surface area contributed by atoms with Crippen molar-refractivity contribution in [2.75, 3.05) is 0 Å². The van der Waals surface area contributed by atoms with Crippen molar-refractivity contribution in [3.8, 4) is 17.3 Å².